The number of nitrogen functional groups attached to an aromatic ring is 1. The van der Waals surface area contributed by atoms with Gasteiger partial charge in [0.25, 0.3) is 0 Å². The Morgan fingerprint density at radius 1 is 1.62 bits per heavy atom. The fourth-order valence-electron chi connectivity index (χ4n) is 1.35. The number of hydrogen-bond acceptors (Lipinski definition) is 5. The van der Waals surface area contributed by atoms with E-state index in [9.17, 15) is 0 Å². The Morgan fingerprint density at radius 2 is 2.54 bits per heavy atom. The first kappa shape index (κ1) is 8.40. The molecule has 0 bridgehead atoms. The smallest absolute Gasteiger partial charge is 0.146 e. The molecular weight excluding hydrogens is 168 g/mol. The third-order valence-electron chi connectivity index (χ3n) is 1.99. The van der Waals surface area contributed by atoms with Crippen LogP contribution in [-0.2, 0) is 4.74 Å². The minimum atomic E-state index is 0.0616. The predicted molar refractivity (Wildman–Crippen MR) is 48.0 cm³/mol. The van der Waals surface area contributed by atoms with Gasteiger partial charge in [0.15, 0.2) is 0 Å². The number of nitrogens with zero attached hydrogens (tertiary/aromatic N) is 2. The van der Waals surface area contributed by atoms with Crippen molar-refractivity contribution in [3.05, 3.63) is 17.8 Å². The second kappa shape index (κ2) is 3.68. The Labute approximate surface area is 76.3 Å². The Hall–Kier alpha value is -1.20. The summed E-state index contributed by atoms with van der Waals surface area (Å²) in [6, 6.07) is 1.80. The van der Waals surface area contributed by atoms with E-state index in [4.69, 9.17) is 10.5 Å². The number of aromatic nitrogens is 2. The maximum Gasteiger partial charge on any atom is 0.146 e. The molecule has 5 heteroatoms. The summed E-state index contributed by atoms with van der Waals surface area (Å²) in [6.07, 6.45) is 1.75. The van der Waals surface area contributed by atoms with Crippen molar-refractivity contribution >= 4 is 5.82 Å². The van der Waals surface area contributed by atoms with E-state index in [2.05, 4.69) is 15.5 Å². The lowest BCUT2D eigenvalue weighted by molar-refractivity contribution is 0.0274. The highest BCUT2D eigenvalue weighted by molar-refractivity contribution is 5.30. The van der Waals surface area contributed by atoms with Crippen molar-refractivity contribution in [1.82, 2.24) is 15.5 Å². The highest BCUT2D eigenvalue weighted by Gasteiger charge is 2.15. The number of hydrogen-bond donors (Lipinski definition) is 2. The molecule has 1 saturated heterocycles. The van der Waals surface area contributed by atoms with Crippen LogP contribution in [0.3, 0.4) is 0 Å². The number of ether oxygens (including phenoxy) is 1. The molecule has 5 nitrogen and oxygen atoms in total. The minimum absolute atomic E-state index is 0.0616. The molecule has 2 heterocycles. The third-order valence-corrected chi connectivity index (χ3v) is 1.99. The van der Waals surface area contributed by atoms with E-state index in [0.717, 1.165) is 25.3 Å². The molecule has 0 radical (unpaired) electrons. The van der Waals surface area contributed by atoms with Crippen LogP contribution in [0.15, 0.2) is 12.3 Å². The van der Waals surface area contributed by atoms with Gasteiger partial charge in [0.05, 0.1) is 18.9 Å². The van der Waals surface area contributed by atoms with E-state index >= 15 is 0 Å². The first-order valence-electron chi connectivity index (χ1n) is 4.26. The summed E-state index contributed by atoms with van der Waals surface area (Å²) in [5.74, 6) is 0.437. The molecule has 0 aromatic carbocycles. The SMILES string of the molecule is Nc1cc(C2CNCCO2)cnn1. The molecule has 1 aliphatic heterocycles. The molecule has 2 rings (SSSR count). The molecule has 0 amide bonds. The number of anilines is 1. The van der Waals surface area contributed by atoms with Gasteiger partial charge in [-0.1, -0.05) is 0 Å². The van der Waals surface area contributed by atoms with Gasteiger partial charge in [-0.2, -0.15) is 5.10 Å². The maximum atomic E-state index is 5.53. The van der Waals surface area contributed by atoms with Crippen LogP contribution in [-0.4, -0.2) is 29.9 Å². The first-order valence-corrected chi connectivity index (χ1v) is 4.26. The normalized spacial score (nSPS) is 22.9. The molecule has 1 fully saturated rings. The summed E-state index contributed by atoms with van der Waals surface area (Å²) in [7, 11) is 0. The van der Waals surface area contributed by atoms with Crippen molar-refractivity contribution in [3.63, 3.8) is 0 Å². The topological polar surface area (TPSA) is 73.1 Å². The van der Waals surface area contributed by atoms with Gasteiger partial charge in [-0.25, -0.2) is 0 Å². The Morgan fingerprint density at radius 3 is 3.23 bits per heavy atom. The predicted octanol–water partition coefficient (Wildman–Crippen LogP) is -0.280. The second-order valence-corrected chi connectivity index (χ2v) is 2.98. The molecule has 0 aliphatic carbocycles. The van der Waals surface area contributed by atoms with Gasteiger partial charge in [0.2, 0.25) is 0 Å². The lowest BCUT2D eigenvalue weighted by Crippen LogP contribution is -2.33. The van der Waals surface area contributed by atoms with E-state index in [0.29, 0.717) is 5.82 Å². The fraction of sp³-hybridized carbons (Fsp3) is 0.500. The van der Waals surface area contributed by atoms with Gasteiger partial charge in [-0.15, -0.1) is 5.10 Å². The van der Waals surface area contributed by atoms with Crippen molar-refractivity contribution in [2.45, 2.75) is 6.10 Å². The molecular formula is C8H12N4O. The van der Waals surface area contributed by atoms with E-state index in [1.165, 1.54) is 0 Å². The maximum absolute atomic E-state index is 5.53. The summed E-state index contributed by atoms with van der Waals surface area (Å²) >= 11 is 0. The van der Waals surface area contributed by atoms with Crippen molar-refractivity contribution in [2.75, 3.05) is 25.4 Å². The van der Waals surface area contributed by atoms with Crippen LogP contribution in [0.4, 0.5) is 5.82 Å². The Balaban J connectivity index is 2.14. The largest absolute Gasteiger partial charge is 0.382 e. The van der Waals surface area contributed by atoms with Crippen LogP contribution in [0.25, 0.3) is 0 Å². The molecule has 0 spiro atoms. The van der Waals surface area contributed by atoms with E-state index in [-0.39, 0.29) is 6.10 Å². The highest BCUT2D eigenvalue weighted by atomic mass is 16.5. The fourth-order valence-corrected chi connectivity index (χ4v) is 1.35. The molecule has 1 aliphatic rings. The Kier molecular flexibility index (Phi) is 2.37. The number of rotatable bonds is 1. The molecule has 3 N–H and O–H groups in total. The third kappa shape index (κ3) is 1.93. The van der Waals surface area contributed by atoms with E-state index in [1.54, 1.807) is 12.3 Å². The molecule has 13 heavy (non-hydrogen) atoms. The van der Waals surface area contributed by atoms with Gasteiger partial charge in [-0.3, -0.25) is 0 Å². The van der Waals surface area contributed by atoms with Crippen LogP contribution < -0.4 is 11.1 Å². The zero-order chi connectivity index (χ0) is 9.10. The summed E-state index contributed by atoms with van der Waals surface area (Å²) in [5.41, 5.74) is 6.50. The minimum Gasteiger partial charge on any atom is -0.382 e. The summed E-state index contributed by atoms with van der Waals surface area (Å²) in [5, 5.41) is 10.7. The van der Waals surface area contributed by atoms with Gasteiger partial charge in [0, 0.05) is 18.7 Å². The van der Waals surface area contributed by atoms with Crippen LogP contribution in [0.5, 0.6) is 0 Å². The van der Waals surface area contributed by atoms with Crippen molar-refractivity contribution < 1.29 is 4.74 Å². The van der Waals surface area contributed by atoms with Crippen LogP contribution >= 0.6 is 0 Å². The standard InChI is InChI=1S/C8H12N4O/c9-8-3-6(4-11-12-8)7-5-10-1-2-13-7/h3-4,7,10H,1-2,5H2,(H2,9,12). The summed E-state index contributed by atoms with van der Waals surface area (Å²) in [6.45, 7) is 2.45. The monoisotopic (exact) mass is 180 g/mol. The number of nitrogens with one attached hydrogen (secondary N) is 1. The number of morpholine rings is 1. The van der Waals surface area contributed by atoms with Crippen LogP contribution in [0, 0.1) is 0 Å². The molecule has 1 aromatic heterocycles. The number of nitrogens with two attached hydrogens (primary N) is 1. The van der Waals surface area contributed by atoms with Crippen LogP contribution in [0.2, 0.25) is 0 Å². The van der Waals surface area contributed by atoms with Gasteiger partial charge in [0.1, 0.15) is 5.82 Å². The lowest BCUT2D eigenvalue weighted by atomic mass is 10.1. The zero-order valence-corrected chi connectivity index (χ0v) is 7.23. The Bertz CT molecular complexity index is 285. The summed E-state index contributed by atoms with van der Waals surface area (Å²) < 4.78 is 5.53. The lowest BCUT2D eigenvalue weighted by Gasteiger charge is -2.23. The summed E-state index contributed by atoms with van der Waals surface area (Å²) in [4.78, 5) is 0. The molecule has 0 saturated carbocycles. The molecule has 70 valence electrons. The molecule has 1 atom stereocenters. The van der Waals surface area contributed by atoms with E-state index < -0.39 is 0 Å². The van der Waals surface area contributed by atoms with Gasteiger partial charge < -0.3 is 15.8 Å². The van der Waals surface area contributed by atoms with Crippen molar-refractivity contribution in [3.8, 4) is 0 Å². The van der Waals surface area contributed by atoms with Gasteiger partial charge in [-0.05, 0) is 6.07 Å². The quantitative estimate of drug-likeness (QED) is 0.621. The highest BCUT2D eigenvalue weighted by Crippen LogP contribution is 2.18. The average molecular weight is 180 g/mol. The zero-order valence-electron chi connectivity index (χ0n) is 7.23. The molecule has 1 aromatic rings. The van der Waals surface area contributed by atoms with Crippen LogP contribution in [0.1, 0.15) is 11.7 Å². The second-order valence-electron chi connectivity index (χ2n) is 2.98. The van der Waals surface area contributed by atoms with Crippen molar-refractivity contribution in [2.24, 2.45) is 0 Å². The average Bonchev–Trinajstić information content (AvgIpc) is 2.19. The van der Waals surface area contributed by atoms with E-state index in [1.807, 2.05) is 0 Å². The first-order chi connectivity index (χ1) is 6.36. The van der Waals surface area contributed by atoms with Crippen molar-refractivity contribution in [1.29, 1.82) is 0 Å². The molecule has 1 unspecified atom stereocenters. The van der Waals surface area contributed by atoms with Gasteiger partial charge >= 0.3 is 0 Å².